The average Bonchev–Trinajstić information content (AvgIpc) is 2.86. The average molecular weight is 342 g/mol. The van der Waals surface area contributed by atoms with Gasteiger partial charge in [-0.3, -0.25) is 0 Å². The zero-order valence-corrected chi connectivity index (χ0v) is 13.4. The number of hydrogen-bond acceptors (Lipinski definition) is 3. The number of carbonyl (C=O) groups excluding carboxylic acids is 1. The van der Waals surface area contributed by atoms with Crippen LogP contribution in [0, 0.1) is 0 Å². The Labute approximate surface area is 138 Å². The molecule has 0 spiro atoms. The number of benzene rings is 1. The second-order valence-electron chi connectivity index (χ2n) is 4.77. The molecule has 2 amide bonds. The molecule has 0 atom stereocenters. The number of amides is 2. The van der Waals surface area contributed by atoms with Crippen molar-refractivity contribution in [3.05, 3.63) is 45.8 Å². The fourth-order valence-electron chi connectivity index (χ4n) is 2.28. The lowest BCUT2D eigenvalue weighted by atomic mass is 9.99. The highest BCUT2D eigenvalue weighted by atomic mass is 35.5. The number of rotatable bonds is 6. The lowest BCUT2D eigenvalue weighted by Gasteiger charge is -2.08. The van der Waals surface area contributed by atoms with E-state index in [0.29, 0.717) is 41.7 Å². The molecular formula is C15H17Cl2N3O2. The number of primary amides is 1. The van der Waals surface area contributed by atoms with Gasteiger partial charge in [-0.25, -0.2) is 4.79 Å². The highest BCUT2D eigenvalue weighted by molar-refractivity contribution is 6.36. The van der Waals surface area contributed by atoms with Gasteiger partial charge in [-0.2, -0.15) is 0 Å². The Bertz CT molecular complexity index is 671. The summed E-state index contributed by atoms with van der Waals surface area (Å²) in [5.41, 5.74) is 13.5. The van der Waals surface area contributed by atoms with Gasteiger partial charge in [0, 0.05) is 33.3 Å². The molecular weight excluding hydrogens is 325 g/mol. The fourth-order valence-corrected chi connectivity index (χ4v) is 2.79. The number of halogens is 2. The van der Waals surface area contributed by atoms with Crippen LogP contribution in [-0.2, 0) is 13.0 Å². The molecule has 0 fully saturated rings. The summed E-state index contributed by atoms with van der Waals surface area (Å²) < 4.78 is 5.53. The normalized spacial score (nSPS) is 10.7. The zero-order valence-electron chi connectivity index (χ0n) is 11.9. The van der Waals surface area contributed by atoms with Gasteiger partial charge in [0.05, 0.1) is 12.8 Å². The van der Waals surface area contributed by atoms with Crippen molar-refractivity contribution in [3.8, 4) is 11.1 Å². The van der Waals surface area contributed by atoms with Crippen molar-refractivity contribution < 1.29 is 9.21 Å². The van der Waals surface area contributed by atoms with Gasteiger partial charge in [0.2, 0.25) is 0 Å². The third-order valence-electron chi connectivity index (χ3n) is 3.29. The molecule has 0 aliphatic rings. The second kappa shape index (κ2) is 7.54. The van der Waals surface area contributed by atoms with Crippen molar-refractivity contribution in [1.29, 1.82) is 0 Å². The van der Waals surface area contributed by atoms with Crippen LogP contribution in [0.2, 0.25) is 10.0 Å². The van der Waals surface area contributed by atoms with Gasteiger partial charge in [-0.05, 0) is 25.0 Å². The largest absolute Gasteiger partial charge is 0.467 e. The molecule has 0 radical (unpaired) electrons. The monoisotopic (exact) mass is 341 g/mol. The van der Waals surface area contributed by atoms with Crippen LogP contribution >= 0.6 is 23.2 Å². The number of nitrogens with one attached hydrogen (secondary N) is 1. The van der Waals surface area contributed by atoms with E-state index in [9.17, 15) is 4.79 Å². The third kappa shape index (κ3) is 3.94. The Hall–Kier alpha value is -1.69. The molecule has 2 aromatic rings. The molecule has 22 heavy (non-hydrogen) atoms. The van der Waals surface area contributed by atoms with E-state index in [1.165, 1.54) is 0 Å². The molecule has 2 rings (SSSR count). The summed E-state index contributed by atoms with van der Waals surface area (Å²) in [6.45, 7) is 0.780. The SMILES string of the molecule is NCc1occ(-c2ccc(Cl)cc2Cl)c1CCCNC(N)=O. The topological polar surface area (TPSA) is 94.3 Å². The lowest BCUT2D eigenvalue weighted by molar-refractivity contribution is 0.249. The predicted octanol–water partition coefficient (Wildman–Crippen LogP) is 3.31. The maximum absolute atomic E-state index is 10.7. The van der Waals surface area contributed by atoms with Gasteiger partial charge in [-0.1, -0.05) is 29.3 Å². The van der Waals surface area contributed by atoms with E-state index < -0.39 is 6.03 Å². The summed E-state index contributed by atoms with van der Waals surface area (Å²) in [4.78, 5) is 10.7. The van der Waals surface area contributed by atoms with Gasteiger partial charge >= 0.3 is 6.03 Å². The number of nitrogens with two attached hydrogens (primary N) is 2. The van der Waals surface area contributed by atoms with Crippen LogP contribution in [0.3, 0.4) is 0 Å². The highest BCUT2D eigenvalue weighted by Crippen LogP contribution is 2.35. The Morgan fingerprint density at radius 1 is 1.27 bits per heavy atom. The summed E-state index contributed by atoms with van der Waals surface area (Å²) in [5, 5.41) is 3.68. The van der Waals surface area contributed by atoms with E-state index >= 15 is 0 Å². The Morgan fingerprint density at radius 3 is 2.68 bits per heavy atom. The van der Waals surface area contributed by atoms with Gasteiger partial charge in [0.15, 0.2) is 0 Å². The van der Waals surface area contributed by atoms with Crippen molar-refractivity contribution in [2.24, 2.45) is 11.5 Å². The number of hydrogen-bond donors (Lipinski definition) is 3. The molecule has 1 heterocycles. The molecule has 0 unspecified atom stereocenters. The molecule has 7 heteroatoms. The predicted molar refractivity (Wildman–Crippen MR) is 88.0 cm³/mol. The third-order valence-corrected chi connectivity index (χ3v) is 3.84. The number of furan rings is 1. The van der Waals surface area contributed by atoms with Crippen molar-refractivity contribution in [1.82, 2.24) is 5.32 Å². The van der Waals surface area contributed by atoms with E-state index in [-0.39, 0.29) is 0 Å². The van der Waals surface area contributed by atoms with Gasteiger partial charge < -0.3 is 21.2 Å². The Balaban J connectivity index is 2.24. The van der Waals surface area contributed by atoms with Crippen LogP contribution in [0.1, 0.15) is 17.7 Å². The summed E-state index contributed by atoms with van der Waals surface area (Å²) in [6, 6.07) is 4.77. The van der Waals surface area contributed by atoms with Crippen LogP contribution in [0.15, 0.2) is 28.9 Å². The molecule has 0 saturated heterocycles. The second-order valence-corrected chi connectivity index (χ2v) is 5.62. The van der Waals surface area contributed by atoms with E-state index in [1.807, 2.05) is 6.07 Å². The van der Waals surface area contributed by atoms with Crippen LogP contribution < -0.4 is 16.8 Å². The molecule has 0 saturated carbocycles. The molecule has 0 bridgehead atoms. The minimum Gasteiger partial charge on any atom is -0.467 e. The first-order chi connectivity index (χ1) is 10.5. The molecule has 5 N–H and O–H groups in total. The smallest absolute Gasteiger partial charge is 0.312 e. The minimum absolute atomic E-state index is 0.295. The van der Waals surface area contributed by atoms with Crippen molar-refractivity contribution in [2.75, 3.05) is 6.54 Å². The van der Waals surface area contributed by atoms with Crippen LogP contribution in [0.5, 0.6) is 0 Å². The molecule has 0 aliphatic heterocycles. The maximum atomic E-state index is 10.7. The molecule has 118 valence electrons. The van der Waals surface area contributed by atoms with Crippen LogP contribution in [0.4, 0.5) is 4.79 Å². The first-order valence-corrected chi connectivity index (χ1v) is 7.56. The maximum Gasteiger partial charge on any atom is 0.312 e. The molecule has 5 nitrogen and oxygen atoms in total. The molecule has 0 aliphatic carbocycles. The van der Waals surface area contributed by atoms with E-state index in [4.69, 9.17) is 39.1 Å². The zero-order chi connectivity index (χ0) is 16.1. The summed E-state index contributed by atoms with van der Waals surface area (Å²) in [5.74, 6) is 0.708. The summed E-state index contributed by atoms with van der Waals surface area (Å²) in [6.07, 6.45) is 3.06. The lowest BCUT2D eigenvalue weighted by Crippen LogP contribution is -2.30. The van der Waals surface area contributed by atoms with Gasteiger partial charge in [-0.15, -0.1) is 0 Å². The van der Waals surface area contributed by atoms with Crippen LogP contribution in [0.25, 0.3) is 11.1 Å². The quantitative estimate of drug-likeness (QED) is 0.703. The van der Waals surface area contributed by atoms with E-state index in [0.717, 1.165) is 16.7 Å². The number of urea groups is 1. The highest BCUT2D eigenvalue weighted by Gasteiger charge is 2.16. The van der Waals surface area contributed by atoms with E-state index in [2.05, 4.69) is 5.32 Å². The van der Waals surface area contributed by atoms with Gasteiger partial charge in [0.1, 0.15) is 5.76 Å². The Morgan fingerprint density at radius 2 is 2.05 bits per heavy atom. The van der Waals surface area contributed by atoms with Crippen molar-refractivity contribution in [2.45, 2.75) is 19.4 Å². The Kier molecular flexibility index (Phi) is 5.71. The van der Waals surface area contributed by atoms with E-state index in [1.54, 1.807) is 18.4 Å². The van der Waals surface area contributed by atoms with Crippen LogP contribution in [-0.4, -0.2) is 12.6 Å². The first-order valence-electron chi connectivity index (χ1n) is 6.81. The van der Waals surface area contributed by atoms with Crippen molar-refractivity contribution >= 4 is 29.2 Å². The molecule has 1 aromatic heterocycles. The minimum atomic E-state index is -0.535. The summed E-state index contributed by atoms with van der Waals surface area (Å²) in [7, 11) is 0. The number of carbonyl (C=O) groups is 1. The fraction of sp³-hybridized carbons (Fsp3) is 0.267. The summed E-state index contributed by atoms with van der Waals surface area (Å²) >= 11 is 12.2. The standard InChI is InChI=1S/C15H17Cl2N3O2/c16-9-3-4-10(13(17)6-9)12-8-22-14(7-18)11(12)2-1-5-20-15(19)21/h3-4,6,8H,1-2,5,7,18H2,(H3,19,20,21). The first kappa shape index (κ1) is 16.7. The van der Waals surface area contributed by atoms with Crippen molar-refractivity contribution in [3.63, 3.8) is 0 Å². The van der Waals surface area contributed by atoms with Gasteiger partial charge in [0.25, 0.3) is 0 Å². The molecule has 1 aromatic carbocycles.